The molecule has 0 bridgehead atoms. The van der Waals surface area contributed by atoms with E-state index in [-0.39, 0.29) is 129 Å². The second kappa shape index (κ2) is 22.5. The van der Waals surface area contributed by atoms with Crippen molar-refractivity contribution in [2.45, 2.75) is 11.3 Å². The predicted octanol–water partition coefficient (Wildman–Crippen LogP) is 0.948. The quantitative estimate of drug-likeness (QED) is 0.0104. The Morgan fingerprint density at radius 1 is 0.633 bits per heavy atom. The van der Waals surface area contributed by atoms with E-state index in [9.17, 15) is 39.5 Å². The highest BCUT2D eigenvalue weighted by molar-refractivity contribution is 7.88. The minimum atomic E-state index is -4.86. The first kappa shape index (κ1) is 47.6. The lowest BCUT2D eigenvalue weighted by Gasteiger charge is -2.13. The van der Waals surface area contributed by atoms with Crippen LogP contribution in [0.3, 0.4) is 0 Å². The average molecular weight is 922 g/mol. The van der Waals surface area contributed by atoms with E-state index in [1.807, 2.05) is 0 Å². The molecule has 0 saturated carbocycles. The van der Waals surface area contributed by atoms with Gasteiger partial charge in [0.05, 0.1) is 37.9 Å². The molecule has 0 unspecified atom stereocenters. The van der Waals surface area contributed by atoms with Crippen LogP contribution < -0.4 is 31.5 Å². The Labute approximate surface area is 346 Å². The zero-order valence-corrected chi connectivity index (χ0v) is 34.1. The van der Waals surface area contributed by atoms with Crippen LogP contribution in [0.2, 0.25) is 0 Å². The number of anilines is 7. The standard InChI is InChI=1S/C30H39N11O15S4/c42-11-7-25-36-26(32-9-15-58(45,46)47)39-29(37-25)35-22-6-4-20(24(18-22)60(51,52)53)2-1-19-3-5-21(17-23(19)55-56-57-44)34-30-40-27(31-8-13-54-14-12-43)38-28(41-30)33-10-16-59(48,49)50/h1-6,17-18,42-44H,7-16H2,(H,45,46,47)(H,48,49,50)(H,51,52,53)(H2,32,35,36,37,39)(H3,31,33,34,38,40,41). The van der Waals surface area contributed by atoms with Crippen molar-refractivity contribution < 1.29 is 67.6 Å². The highest BCUT2D eigenvalue weighted by atomic mass is 32.2. The Bertz CT molecular complexity index is 2430. The first-order valence-corrected chi connectivity index (χ1v) is 22.4. The molecule has 0 aliphatic heterocycles. The summed E-state index contributed by atoms with van der Waals surface area (Å²) in [4.78, 5) is 29.6. The Morgan fingerprint density at radius 3 is 1.72 bits per heavy atom. The number of aromatic nitrogens is 6. The van der Waals surface area contributed by atoms with E-state index < -0.39 is 46.8 Å². The van der Waals surface area contributed by atoms with Gasteiger partial charge in [0.15, 0.2) is 5.75 Å². The molecule has 0 saturated heterocycles. The van der Waals surface area contributed by atoms with Crippen molar-refractivity contribution in [3.05, 3.63) is 53.3 Å². The van der Waals surface area contributed by atoms with Crippen LogP contribution in [0.15, 0.2) is 41.3 Å². The fourth-order valence-corrected chi connectivity index (χ4v) is 6.16. The molecule has 328 valence electrons. The number of hydrogen-bond acceptors (Lipinski definition) is 24. The lowest BCUT2D eigenvalue weighted by atomic mass is 10.1. The number of hydrogen-bond donors (Lipinski definition) is 11. The molecule has 0 spiro atoms. The molecule has 11 N–H and O–H groups in total. The van der Waals surface area contributed by atoms with E-state index in [1.54, 1.807) is 0 Å². The largest absolute Gasteiger partial charge is 0.396 e. The Kier molecular flexibility index (Phi) is 17.8. The molecule has 30 heteroatoms. The van der Waals surface area contributed by atoms with E-state index in [2.05, 4.69) is 60.8 Å². The predicted molar refractivity (Wildman–Crippen MR) is 217 cm³/mol. The number of nitrogens with one attached hydrogen (secondary N) is 5. The molecule has 4 aromatic rings. The number of aliphatic hydroxyl groups is 2. The first-order chi connectivity index (χ1) is 28.4. The Hall–Kier alpha value is -5.12. The fourth-order valence-electron chi connectivity index (χ4n) is 4.63. The lowest BCUT2D eigenvalue weighted by molar-refractivity contribution is -0.0843. The summed E-state index contributed by atoms with van der Waals surface area (Å²) in [6.07, 6.45) is 2.71. The summed E-state index contributed by atoms with van der Waals surface area (Å²) < 4.78 is 117. The monoisotopic (exact) mass is 921 g/mol. The third-order valence-corrected chi connectivity index (χ3v) is 9.60. The van der Waals surface area contributed by atoms with Crippen molar-refractivity contribution >= 4 is 95.9 Å². The number of nitrogens with zero attached hydrogens (tertiary/aromatic N) is 6. The van der Waals surface area contributed by atoms with Crippen LogP contribution >= 0.6 is 12.3 Å². The molecule has 0 atom stereocenters. The van der Waals surface area contributed by atoms with Crippen molar-refractivity contribution in [1.29, 1.82) is 0 Å². The van der Waals surface area contributed by atoms with Gasteiger partial charge in [0.2, 0.25) is 42.1 Å². The maximum atomic E-state index is 12.5. The molecular weight excluding hydrogens is 883 g/mol. The SMILES string of the molecule is O=S(=O)(O)CCNc1nc(CCO)nc(Nc2ccc(C=Cc3ccc(Nc4nc(NCCOCCO)nc(NCCS(=O)(=O)O)n4)cc3OOSO)c(S(=O)(=O)O)c2)n1. The molecule has 0 amide bonds. The van der Waals surface area contributed by atoms with Crippen LogP contribution in [0.25, 0.3) is 12.2 Å². The first-order valence-electron chi connectivity index (χ1n) is 17.0. The summed E-state index contributed by atoms with van der Waals surface area (Å²) in [6.45, 7) is -0.520. The Balaban J connectivity index is 1.59. The maximum Gasteiger partial charge on any atom is 0.295 e. The molecule has 2 aromatic heterocycles. The molecule has 2 aromatic carbocycles. The molecule has 4 rings (SSSR count). The van der Waals surface area contributed by atoms with Gasteiger partial charge in [-0.1, -0.05) is 22.6 Å². The molecule has 0 fully saturated rings. The number of aliphatic hydroxyl groups excluding tert-OH is 2. The fraction of sp³-hybridized carbons (Fsp3) is 0.333. The van der Waals surface area contributed by atoms with E-state index in [0.29, 0.717) is 0 Å². The van der Waals surface area contributed by atoms with Crippen molar-refractivity contribution in [3.63, 3.8) is 0 Å². The van der Waals surface area contributed by atoms with Crippen LogP contribution in [0.5, 0.6) is 5.75 Å². The number of ether oxygens (including phenoxy) is 1. The minimum Gasteiger partial charge on any atom is -0.396 e. The van der Waals surface area contributed by atoms with E-state index >= 15 is 0 Å². The van der Waals surface area contributed by atoms with Gasteiger partial charge in [-0.15, -0.1) is 0 Å². The van der Waals surface area contributed by atoms with E-state index in [0.717, 1.165) is 6.07 Å². The van der Waals surface area contributed by atoms with E-state index in [1.165, 1.54) is 42.5 Å². The van der Waals surface area contributed by atoms with Crippen molar-refractivity contribution in [3.8, 4) is 5.75 Å². The highest BCUT2D eigenvalue weighted by Crippen LogP contribution is 2.30. The van der Waals surface area contributed by atoms with E-state index in [4.69, 9.17) is 23.8 Å². The van der Waals surface area contributed by atoms with Crippen LogP contribution in [0.4, 0.5) is 41.1 Å². The summed E-state index contributed by atoms with van der Waals surface area (Å²) in [7, 11) is -13.4. The molecular formula is C30H39N11O15S4. The zero-order valence-electron chi connectivity index (χ0n) is 30.9. The van der Waals surface area contributed by atoms with Crippen LogP contribution in [0, 0.1) is 0 Å². The highest BCUT2D eigenvalue weighted by Gasteiger charge is 2.18. The van der Waals surface area contributed by atoms with Gasteiger partial charge in [0, 0.05) is 49.1 Å². The van der Waals surface area contributed by atoms with Gasteiger partial charge in [0.1, 0.15) is 10.7 Å². The van der Waals surface area contributed by atoms with Crippen molar-refractivity contribution in [2.24, 2.45) is 0 Å². The molecule has 0 aliphatic carbocycles. The second-order valence-electron chi connectivity index (χ2n) is 11.7. The molecule has 2 heterocycles. The van der Waals surface area contributed by atoms with Gasteiger partial charge in [-0.3, -0.25) is 13.7 Å². The lowest BCUT2D eigenvalue weighted by Crippen LogP contribution is -2.18. The normalized spacial score (nSPS) is 12.0. The van der Waals surface area contributed by atoms with Crippen molar-refractivity contribution in [1.82, 2.24) is 29.9 Å². The third kappa shape index (κ3) is 16.9. The van der Waals surface area contributed by atoms with Gasteiger partial charge in [-0.05, 0) is 29.8 Å². The molecule has 60 heavy (non-hydrogen) atoms. The van der Waals surface area contributed by atoms with Gasteiger partial charge in [-0.25, -0.2) is 0 Å². The van der Waals surface area contributed by atoms with Gasteiger partial charge in [-0.2, -0.15) is 55.2 Å². The van der Waals surface area contributed by atoms with Crippen LogP contribution in [-0.4, -0.2) is 141 Å². The smallest absolute Gasteiger partial charge is 0.295 e. The summed E-state index contributed by atoms with van der Waals surface area (Å²) >= 11 is -0.113. The summed E-state index contributed by atoms with van der Waals surface area (Å²) in [5.41, 5.74) is 0.634. The topological polar surface area (TPSA) is 389 Å². The number of benzene rings is 2. The van der Waals surface area contributed by atoms with Gasteiger partial charge >= 0.3 is 0 Å². The zero-order chi connectivity index (χ0) is 43.8. The molecule has 26 nitrogen and oxygen atoms in total. The summed E-state index contributed by atoms with van der Waals surface area (Å²) in [5, 5.41) is 32.1. The van der Waals surface area contributed by atoms with Crippen LogP contribution in [-0.2, 0) is 45.8 Å². The van der Waals surface area contributed by atoms with Gasteiger partial charge < -0.3 is 51.0 Å². The third-order valence-electron chi connectivity index (χ3n) is 7.12. The summed E-state index contributed by atoms with van der Waals surface area (Å²) in [5.74, 6) is -1.57. The summed E-state index contributed by atoms with van der Waals surface area (Å²) in [6, 6.07) is 8.27. The van der Waals surface area contributed by atoms with Crippen molar-refractivity contribution in [2.75, 3.05) is 84.2 Å². The van der Waals surface area contributed by atoms with Gasteiger partial charge in [0.25, 0.3) is 30.4 Å². The second-order valence-corrected chi connectivity index (χ2v) is 16.5. The average Bonchev–Trinajstić information content (AvgIpc) is 3.15. The minimum absolute atomic E-state index is 0.00107. The Morgan fingerprint density at radius 2 is 1.15 bits per heavy atom. The maximum absolute atomic E-state index is 12.5. The van der Waals surface area contributed by atoms with Crippen LogP contribution in [0.1, 0.15) is 17.0 Å². The number of rotatable bonds is 26. The molecule has 0 aliphatic rings. The molecule has 0 radical (unpaired) electrons.